The fraction of sp³-hybridized carbons (Fsp3) is 0.192. The molecule has 0 spiro atoms. The highest BCUT2D eigenvalue weighted by Gasteiger charge is 2.38. The number of hydrogen-bond donors (Lipinski definition) is 3. The van der Waals surface area contributed by atoms with Crippen molar-refractivity contribution < 1.29 is 42.2 Å². The van der Waals surface area contributed by atoms with E-state index in [4.69, 9.17) is 21.5 Å². The third-order valence-electron chi connectivity index (χ3n) is 5.66. The summed E-state index contributed by atoms with van der Waals surface area (Å²) in [4.78, 5) is 37.3. The van der Waals surface area contributed by atoms with E-state index in [1.54, 1.807) is 54.6 Å². The number of rotatable bonds is 5. The van der Waals surface area contributed by atoms with E-state index in [0.717, 1.165) is 0 Å². The van der Waals surface area contributed by atoms with Crippen LogP contribution in [0.2, 0.25) is 5.02 Å². The van der Waals surface area contributed by atoms with Crippen molar-refractivity contribution in [2.75, 3.05) is 41.3 Å². The van der Waals surface area contributed by atoms with Gasteiger partial charge in [0.15, 0.2) is 0 Å². The minimum atomic E-state index is -5.08. The van der Waals surface area contributed by atoms with Crippen LogP contribution in [0.1, 0.15) is 20.7 Å². The number of aromatic carboxylic acids is 1. The number of halogens is 5. The molecule has 0 aliphatic carbocycles. The lowest BCUT2D eigenvalue weighted by atomic mass is 10.1. The largest absolute Gasteiger partial charge is 0.490 e. The van der Waals surface area contributed by atoms with Gasteiger partial charge in [-0.2, -0.15) is 13.2 Å². The number of anilines is 3. The number of amides is 1. The SMILES string of the molecule is O=C(Nc1ccc(N2CCN(c3ccccc3F)CC2)c(C(=O)O)c1)c1ccccc1Cl.O=C(O)C(F)(F)F. The molecule has 0 aromatic heterocycles. The normalized spacial score (nSPS) is 13.3. The molecular formula is C26H22ClF4N3O5. The number of benzene rings is 3. The molecule has 1 fully saturated rings. The molecule has 39 heavy (non-hydrogen) atoms. The van der Waals surface area contributed by atoms with Gasteiger partial charge in [0.05, 0.1) is 27.5 Å². The molecule has 0 radical (unpaired) electrons. The summed E-state index contributed by atoms with van der Waals surface area (Å²) in [6.45, 7) is 2.20. The van der Waals surface area contributed by atoms with E-state index in [0.29, 0.717) is 53.8 Å². The van der Waals surface area contributed by atoms with Crippen LogP contribution in [0.25, 0.3) is 0 Å². The van der Waals surface area contributed by atoms with E-state index in [1.165, 1.54) is 12.1 Å². The molecular weight excluding hydrogens is 546 g/mol. The lowest BCUT2D eigenvalue weighted by Crippen LogP contribution is -2.47. The van der Waals surface area contributed by atoms with Crippen molar-refractivity contribution in [1.82, 2.24) is 0 Å². The van der Waals surface area contributed by atoms with Crippen LogP contribution < -0.4 is 15.1 Å². The highest BCUT2D eigenvalue weighted by Crippen LogP contribution is 2.28. The summed E-state index contributed by atoms with van der Waals surface area (Å²) in [5.74, 6) is -4.54. The van der Waals surface area contributed by atoms with Gasteiger partial charge in [-0.15, -0.1) is 0 Å². The van der Waals surface area contributed by atoms with E-state index in [1.807, 2.05) is 9.80 Å². The highest BCUT2D eigenvalue weighted by molar-refractivity contribution is 6.34. The van der Waals surface area contributed by atoms with Crippen molar-refractivity contribution in [2.24, 2.45) is 0 Å². The Labute approximate surface area is 225 Å². The molecule has 3 aromatic carbocycles. The van der Waals surface area contributed by atoms with Crippen LogP contribution in [0.4, 0.5) is 34.6 Å². The van der Waals surface area contributed by atoms with E-state index in [9.17, 15) is 32.3 Å². The van der Waals surface area contributed by atoms with Crippen LogP contribution in [-0.2, 0) is 4.79 Å². The first-order chi connectivity index (χ1) is 18.4. The summed E-state index contributed by atoms with van der Waals surface area (Å²) >= 11 is 6.07. The molecule has 206 valence electrons. The number of aliphatic carboxylic acids is 1. The summed E-state index contributed by atoms with van der Waals surface area (Å²) in [5, 5.41) is 19.9. The number of piperazine rings is 1. The minimum absolute atomic E-state index is 0.0845. The average molecular weight is 568 g/mol. The monoisotopic (exact) mass is 567 g/mol. The molecule has 1 aliphatic heterocycles. The smallest absolute Gasteiger partial charge is 0.478 e. The zero-order valence-corrected chi connectivity index (χ0v) is 20.8. The molecule has 0 bridgehead atoms. The number of carbonyl (C=O) groups is 3. The maximum Gasteiger partial charge on any atom is 0.490 e. The van der Waals surface area contributed by atoms with E-state index >= 15 is 0 Å². The van der Waals surface area contributed by atoms with E-state index < -0.39 is 24.0 Å². The molecule has 4 rings (SSSR count). The van der Waals surface area contributed by atoms with Crippen molar-refractivity contribution in [2.45, 2.75) is 6.18 Å². The summed E-state index contributed by atoms with van der Waals surface area (Å²) in [6, 6.07) is 18.0. The van der Waals surface area contributed by atoms with Gasteiger partial charge in [0.25, 0.3) is 5.91 Å². The molecule has 1 aliphatic rings. The van der Waals surface area contributed by atoms with Crippen LogP contribution in [0.3, 0.4) is 0 Å². The van der Waals surface area contributed by atoms with Gasteiger partial charge < -0.3 is 25.3 Å². The Balaban J connectivity index is 0.000000532. The van der Waals surface area contributed by atoms with Crippen molar-refractivity contribution in [3.05, 3.63) is 88.7 Å². The number of alkyl halides is 3. The molecule has 3 aromatic rings. The second-order valence-electron chi connectivity index (χ2n) is 8.20. The van der Waals surface area contributed by atoms with Gasteiger partial charge in [-0.1, -0.05) is 35.9 Å². The third kappa shape index (κ3) is 7.60. The number of hydrogen-bond acceptors (Lipinski definition) is 5. The van der Waals surface area contributed by atoms with Crippen molar-refractivity contribution in [1.29, 1.82) is 0 Å². The molecule has 3 N–H and O–H groups in total. The molecule has 1 heterocycles. The van der Waals surface area contributed by atoms with E-state index in [2.05, 4.69) is 5.32 Å². The second-order valence-corrected chi connectivity index (χ2v) is 8.61. The number of nitrogens with one attached hydrogen (secondary N) is 1. The predicted molar refractivity (Wildman–Crippen MR) is 137 cm³/mol. The third-order valence-corrected chi connectivity index (χ3v) is 5.99. The maximum atomic E-state index is 14.1. The number of para-hydroxylation sites is 1. The number of carboxylic acids is 2. The summed E-state index contributed by atoms with van der Waals surface area (Å²) in [5.41, 5.74) is 1.85. The predicted octanol–water partition coefficient (Wildman–Crippen LogP) is 5.39. The zero-order valence-electron chi connectivity index (χ0n) is 20.1. The molecule has 0 saturated carbocycles. The Hall–Kier alpha value is -4.32. The van der Waals surface area contributed by atoms with Crippen LogP contribution in [0.5, 0.6) is 0 Å². The molecule has 13 heteroatoms. The van der Waals surface area contributed by atoms with Gasteiger partial charge in [-0.25, -0.2) is 14.0 Å². The first-order valence-corrected chi connectivity index (χ1v) is 11.7. The van der Waals surface area contributed by atoms with E-state index in [-0.39, 0.29) is 11.4 Å². The average Bonchev–Trinajstić information content (AvgIpc) is 2.89. The second kappa shape index (κ2) is 12.5. The standard InChI is InChI=1S/C24H21ClFN3O3.C2HF3O2/c25-19-6-2-1-5-17(19)23(30)27-16-9-10-21(18(15-16)24(31)32)28-11-13-29(14-12-28)22-8-4-3-7-20(22)26;3-2(4,5)1(6)7/h1-10,15H,11-14H2,(H,27,30)(H,31,32);(H,6,7). The van der Waals surface area contributed by atoms with Crippen LogP contribution in [0.15, 0.2) is 66.7 Å². The first-order valence-electron chi connectivity index (χ1n) is 11.4. The number of carboxylic acid groups (broad SMARTS) is 2. The fourth-order valence-electron chi connectivity index (χ4n) is 3.80. The lowest BCUT2D eigenvalue weighted by Gasteiger charge is -2.38. The highest BCUT2D eigenvalue weighted by atomic mass is 35.5. The molecule has 0 atom stereocenters. The Morgan fingerprint density at radius 2 is 1.33 bits per heavy atom. The summed E-state index contributed by atoms with van der Waals surface area (Å²) in [6.07, 6.45) is -5.08. The van der Waals surface area contributed by atoms with Crippen LogP contribution >= 0.6 is 11.6 Å². The molecule has 8 nitrogen and oxygen atoms in total. The van der Waals surface area contributed by atoms with Gasteiger partial charge in [0, 0.05) is 31.9 Å². The van der Waals surface area contributed by atoms with Crippen molar-refractivity contribution >= 4 is 46.5 Å². The first kappa shape index (κ1) is 29.2. The molecule has 0 unspecified atom stereocenters. The Kier molecular flexibility index (Phi) is 9.36. The fourth-order valence-corrected chi connectivity index (χ4v) is 4.02. The van der Waals surface area contributed by atoms with Gasteiger partial charge in [-0.05, 0) is 42.5 Å². The zero-order chi connectivity index (χ0) is 28.7. The van der Waals surface area contributed by atoms with Gasteiger partial charge >= 0.3 is 18.1 Å². The quantitative estimate of drug-likeness (QED) is 0.355. The van der Waals surface area contributed by atoms with Crippen LogP contribution in [-0.4, -0.2) is 60.4 Å². The number of carbonyl (C=O) groups excluding carboxylic acids is 1. The van der Waals surface area contributed by atoms with Gasteiger partial charge in [-0.3, -0.25) is 4.79 Å². The molecule has 1 saturated heterocycles. The molecule has 1 amide bonds. The maximum absolute atomic E-state index is 14.1. The van der Waals surface area contributed by atoms with Gasteiger partial charge in [0.2, 0.25) is 0 Å². The topological polar surface area (TPSA) is 110 Å². The summed E-state index contributed by atoms with van der Waals surface area (Å²) in [7, 11) is 0. The minimum Gasteiger partial charge on any atom is -0.478 e. The van der Waals surface area contributed by atoms with Crippen LogP contribution in [0, 0.1) is 5.82 Å². The van der Waals surface area contributed by atoms with Crippen molar-refractivity contribution in [3.63, 3.8) is 0 Å². The Bertz CT molecular complexity index is 1360. The Morgan fingerprint density at radius 1 is 0.795 bits per heavy atom. The van der Waals surface area contributed by atoms with Gasteiger partial charge in [0.1, 0.15) is 5.82 Å². The number of nitrogens with zero attached hydrogens (tertiary/aromatic N) is 2. The van der Waals surface area contributed by atoms with Crippen molar-refractivity contribution in [3.8, 4) is 0 Å². The Morgan fingerprint density at radius 3 is 1.87 bits per heavy atom. The lowest BCUT2D eigenvalue weighted by molar-refractivity contribution is -0.192. The summed E-state index contributed by atoms with van der Waals surface area (Å²) < 4.78 is 45.8.